The van der Waals surface area contributed by atoms with E-state index in [0.717, 1.165) is 82.5 Å². The van der Waals surface area contributed by atoms with Crippen LogP contribution in [0.3, 0.4) is 0 Å². The zero-order valence-corrected chi connectivity index (χ0v) is 32.7. The standard InChI is InChI=1S/C41H55F2N5O6S/c1-3-38(49)47-21-22-54-25-35(24-47)55(51,52)34-13-11-33(12-14-34)48-27-40(43,28-48)26-46-19-15-30(16-20-46)41(29-45-17-6-18-45,31-7-4-8-32(42)23-31)36-9-5-10-37(36)44-39(50)53-2/h3-4,7-8,11-14,23,30,35-37H,1,5-6,9-10,15-22,24-29H2,2H3,(H,44,50)/t35?,36-,37-,41-/m0/s1. The average molecular weight is 784 g/mol. The summed E-state index contributed by atoms with van der Waals surface area (Å²) < 4.78 is 68.9. The second-order valence-corrected chi connectivity index (χ2v) is 18.5. The van der Waals surface area contributed by atoms with Gasteiger partial charge in [-0.1, -0.05) is 25.1 Å². The summed E-state index contributed by atoms with van der Waals surface area (Å²) in [4.78, 5) is 32.9. The molecule has 2 aromatic rings. The molecule has 1 unspecified atom stereocenters. The number of methoxy groups -OCH3 is 1. The lowest BCUT2D eigenvalue weighted by molar-refractivity contribution is -0.126. The molecule has 7 rings (SSSR count). The van der Waals surface area contributed by atoms with Crippen LogP contribution in [0.2, 0.25) is 0 Å². The van der Waals surface area contributed by atoms with E-state index in [2.05, 4.69) is 27.8 Å². The molecule has 1 saturated carbocycles. The van der Waals surface area contributed by atoms with Gasteiger partial charge in [-0.25, -0.2) is 22.0 Å². The Hall–Kier alpha value is -3.59. The molecular weight excluding hydrogens is 729 g/mol. The Balaban J connectivity index is 1.00. The summed E-state index contributed by atoms with van der Waals surface area (Å²) in [5, 5.41) is 2.23. The van der Waals surface area contributed by atoms with Gasteiger partial charge in [-0.05, 0) is 118 Å². The molecule has 11 nitrogen and oxygen atoms in total. The van der Waals surface area contributed by atoms with Crippen LogP contribution in [0.1, 0.15) is 44.1 Å². The second kappa shape index (κ2) is 16.5. The maximum absolute atomic E-state index is 16.3. The molecule has 1 N–H and O–H groups in total. The monoisotopic (exact) mass is 783 g/mol. The molecule has 5 aliphatic rings. The number of hydrogen-bond acceptors (Lipinski definition) is 9. The third kappa shape index (κ3) is 8.29. The molecule has 4 heterocycles. The minimum atomic E-state index is -3.79. The highest BCUT2D eigenvalue weighted by Gasteiger charge is 2.54. The largest absolute Gasteiger partial charge is 0.453 e. The highest BCUT2D eigenvalue weighted by molar-refractivity contribution is 7.92. The lowest BCUT2D eigenvalue weighted by Gasteiger charge is -2.54. The van der Waals surface area contributed by atoms with Crippen molar-refractivity contribution in [3.8, 4) is 0 Å². The Labute approximate surface area is 323 Å². The zero-order chi connectivity index (χ0) is 38.8. The Morgan fingerprint density at radius 1 is 1.02 bits per heavy atom. The number of sulfone groups is 1. The summed E-state index contributed by atoms with van der Waals surface area (Å²) in [6.07, 6.45) is 6.31. The van der Waals surface area contributed by atoms with E-state index in [9.17, 15) is 18.0 Å². The summed E-state index contributed by atoms with van der Waals surface area (Å²) in [5.74, 6) is -0.263. The number of piperidine rings is 1. The Morgan fingerprint density at radius 3 is 2.42 bits per heavy atom. The van der Waals surface area contributed by atoms with E-state index < -0.39 is 26.8 Å². The van der Waals surface area contributed by atoms with Crippen LogP contribution in [-0.4, -0.2) is 138 Å². The van der Waals surface area contributed by atoms with Crippen LogP contribution in [0.5, 0.6) is 0 Å². The normalized spacial score (nSPS) is 26.3. The molecule has 0 bridgehead atoms. The van der Waals surface area contributed by atoms with Gasteiger partial charge in [0.2, 0.25) is 5.91 Å². The van der Waals surface area contributed by atoms with Gasteiger partial charge >= 0.3 is 6.09 Å². The summed E-state index contributed by atoms with van der Waals surface area (Å²) in [7, 11) is -2.40. The highest BCUT2D eigenvalue weighted by Crippen LogP contribution is 2.51. The molecule has 14 heteroatoms. The number of rotatable bonds is 12. The van der Waals surface area contributed by atoms with Gasteiger partial charge in [0.15, 0.2) is 15.5 Å². The van der Waals surface area contributed by atoms with Crippen LogP contribution in [-0.2, 0) is 29.5 Å². The Morgan fingerprint density at radius 2 is 1.76 bits per heavy atom. The number of halogens is 2. The molecule has 0 radical (unpaired) electrons. The van der Waals surface area contributed by atoms with E-state index in [1.54, 1.807) is 36.4 Å². The minimum absolute atomic E-state index is 0.00328. The summed E-state index contributed by atoms with van der Waals surface area (Å²) in [6.45, 7) is 9.08. The van der Waals surface area contributed by atoms with Crippen molar-refractivity contribution in [1.29, 1.82) is 0 Å². The summed E-state index contributed by atoms with van der Waals surface area (Å²) in [5.41, 5.74) is -0.0505. The van der Waals surface area contributed by atoms with Crippen molar-refractivity contribution < 1.29 is 36.3 Å². The number of anilines is 1. The maximum Gasteiger partial charge on any atom is 0.407 e. The van der Waals surface area contributed by atoms with Crippen molar-refractivity contribution in [2.24, 2.45) is 11.8 Å². The maximum atomic E-state index is 16.3. The van der Waals surface area contributed by atoms with Gasteiger partial charge in [-0.3, -0.25) is 9.69 Å². The minimum Gasteiger partial charge on any atom is -0.453 e. The van der Waals surface area contributed by atoms with E-state index in [0.29, 0.717) is 13.1 Å². The third-order valence-corrected chi connectivity index (χ3v) is 15.0. The first kappa shape index (κ1) is 39.6. The van der Waals surface area contributed by atoms with E-state index in [-0.39, 0.29) is 72.8 Å². The molecule has 5 fully saturated rings. The first-order valence-electron chi connectivity index (χ1n) is 19.8. The molecule has 2 amide bonds. The van der Waals surface area contributed by atoms with E-state index in [1.165, 1.54) is 24.2 Å². The van der Waals surface area contributed by atoms with Gasteiger partial charge in [-0.2, -0.15) is 0 Å². The van der Waals surface area contributed by atoms with Gasteiger partial charge in [0, 0.05) is 43.3 Å². The number of hydrogen-bond donors (Lipinski definition) is 1. The SMILES string of the molecule is C=CC(=O)N1CCOCC(S(=O)(=O)c2ccc(N3CC(F)(CN4CCC([C@@](CN5CCC5)(c5cccc(F)c5)[C@H]5CCC[C@@H]5NC(=O)OC)CC4)C3)cc2)C1. The van der Waals surface area contributed by atoms with Gasteiger partial charge in [0.1, 0.15) is 11.1 Å². The number of nitrogens with zero attached hydrogens (tertiary/aromatic N) is 4. The first-order chi connectivity index (χ1) is 26.4. The van der Waals surface area contributed by atoms with Gasteiger partial charge in [0.05, 0.1) is 38.3 Å². The number of nitrogens with one attached hydrogen (secondary N) is 1. The average Bonchev–Trinajstić information content (AvgIpc) is 3.46. The predicted octanol–water partition coefficient (Wildman–Crippen LogP) is 4.42. The van der Waals surface area contributed by atoms with Crippen molar-refractivity contribution in [3.63, 3.8) is 0 Å². The van der Waals surface area contributed by atoms with Crippen LogP contribution in [0.25, 0.3) is 0 Å². The van der Waals surface area contributed by atoms with Crippen LogP contribution in [0.15, 0.2) is 66.1 Å². The number of alkyl halides is 1. The third-order valence-electron chi connectivity index (χ3n) is 12.9. The fourth-order valence-corrected chi connectivity index (χ4v) is 11.6. The number of carbonyl (C=O) groups is 2. The Kier molecular flexibility index (Phi) is 11.9. The number of benzene rings is 2. The lowest BCUT2D eigenvalue weighted by Crippen LogP contribution is -2.65. The van der Waals surface area contributed by atoms with Gasteiger partial charge in [-0.15, -0.1) is 0 Å². The van der Waals surface area contributed by atoms with E-state index in [1.807, 2.05) is 4.90 Å². The lowest BCUT2D eigenvalue weighted by atomic mass is 9.57. The molecule has 1 aliphatic carbocycles. The molecule has 2 aromatic carbocycles. The zero-order valence-electron chi connectivity index (χ0n) is 31.8. The molecule has 0 spiro atoms. The molecule has 4 saturated heterocycles. The molecular formula is C41H55F2N5O6S. The van der Waals surface area contributed by atoms with E-state index in [4.69, 9.17) is 9.47 Å². The number of carbonyl (C=O) groups excluding carboxylic acids is 2. The smallest absolute Gasteiger partial charge is 0.407 e. The van der Waals surface area contributed by atoms with Crippen LogP contribution < -0.4 is 10.2 Å². The van der Waals surface area contributed by atoms with E-state index >= 15 is 8.78 Å². The highest BCUT2D eigenvalue weighted by atomic mass is 32.2. The molecule has 55 heavy (non-hydrogen) atoms. The van der Waals surface area contributed by atoms with Crippen molar-refractivity contribution in [2.75, 3.05) is 90.7 Å². The number of alkyl carbamates (subject to hydrolysis) is 1. The van der Waals surface area contributed by atoms with Crippen LogP contribution in [0, 0.1) is 17.7 Å². The molecule has 4 atom stereocenters. The number of likely N-dealkylation sites (tertiary alicyclic amines) is 2. The summed E-state index contributed by atoms with van der Waals surface area (Å²) in [6, 6.07) is 13.5. The number of ether oxygens (including phenoxy) is 2. The first-order valence-corrected chi connectivity index (χ1v) is 21.3. The van der Waals surface area contributed by atoms with Crippen molar-refractivity contribution in [3.05, 3.63) is 72.6 Å². The Bertz CT molecular complexity index is 1800. The molecule has 4 aliphatic heterocycles. The summed E-state index contributed by atoms with van der Waals surface area (Å²) >= 11 is 0. The topological polar surface area (TPSA) is 112 Å². The molecule has 0 aromatic heterocycles. The van der Waals surface area contributed by atoms with Crippen LogP contribution in [0.4, 0.5) is 19.3 Å². The van der Waals surface area contributed by atoms with Crippen molar-refractivity contribution in [2.45, 2.75) is 65.8 Å². The van der Waals surface area contributed by atoms with Gasteiger partial charge in [0.25, 0.3) is 0 Å². The van der Waals surface area contributed by atoms with Crippen molar-refractivity contribution in [1.82, 2.24) is 20.0 Å². The second-order valence-electron chi connectivity index (χ2n) is 16.2. The van der Waals surface area contributed by atoms with Crippen molar-refractivity contribution >= 4 is 27.5 Å². The fraction of sp³-hybridized carbons (Fsp3) is 0.610. The number of amides is 2. The van der Waals surface area contributed by atoms with Gasteiger partial charge < -0.3 is 29.5 Å². The fourth-order valence-electron chi connectivity index (χ4n) is 10.0. The molecule has 300 valence electrons. The predicted molar refractivity (Wildman–Crippen MR) is 206 cm³/mol. The van der Waals surface area contributed by atoms with Crippen LogP contribution >= 0.6 is 0 Å². The quantitative estimate of drug-likeness (QED) is 0.313.